The highest BCUT2D eigenvalue weighted by molar-refractivity contribution is 6.06. The summed E-state index contributed by atoms with van der Waals surface area (Å²) >= 11 is 0. The zero-order chi connectivity index (χ0) is 17.6. The van der Waals surface area contributed by atoms with Crippen molar-refractivity contribution in [2.45, 2.75) is 25.4 Å². The Morgan fingerprint density at radius 3 is 2.72 bits per heavy atom. The lowest BCUT2D eigenvalue weighted by Gasteiger charge is -2.29. The molecule has 1 atom stereocenters. The van der Waals surface area contributed by atoms with Crippen LogP contribution < -0.4 is 5.32 Å². The van der Waals surface area contributed by atoms with E-state index >= 15 is 0 Å². The van der Waals surface area contributed by atoms with Crippen molar-refractivity contribution < 1.29 is 19.5 Å². The first kappa shape index (κ1) is 15.3. The van der Waals surface area contributed by atoms with Crippen molar-refractivity contribution in [3.63, 3.8) is 0 Å². The smallest absolute Gasteiger partial charge is 0.255 e. The van der Waals surface area contributed by atoms with Gasteiger partial charge in [0, 0.05) is 30.3 Å². The Morgan fingerprint density at radius 1 is 1.16 bits per heavy atom. The van der Waals surface area contributed by atoms with Crippen molar-refractivity contribution >= 4 is 17.7 Å². The molecule has 3 amide bonds. The molecule has 7 nitrogen and oxygen atoms in total. The average molecular weight is 337 g/mol. The standard InChI is InChI=1S/C18H15N3O4/c22-11-6-10(7-19-8-11)12-2-1-3-13-14(12)9-21(18(13)25)15-4-5-16(23)20-17(15)24/h1-3,6-8,15,22H,4-5,9H2,(H,20,23,24). The molecule has 7 heteroatoms. The van der Waals surface area contributed by atoms with Gasteiger partial charge in [-0.2, -0.15) is 0 Å². The molecule has 4 rings (SSSR count). The normalized spacial score (nSPS) is 19.8. The highest BCUT2D eigenvalue weighted by Crippen LogP contribution is 2.35. The molecular formula is C18H15N3O4. The molecule has 1 fully saturated rings. The van der Waals surface area contributed by atoms with Crippen molar-refractivity contribution in [3.8, 4) is 16.9 Å². The fourth-order valence-corrected chi connectivity index (χ4v) is 3.43. The summed E-state index contributed by atoms with van der Waals surface area (Å²) in [5.41, 5.74) is 2.83. The first-order chi connectivity index (χ1) is 12.0. The number of benzene rings is 1. The monoisotopic (exact) mass is 337 g/mol. The number of aromatic nitrogens is 1. The molecule has 0 aliphatic carbocycles. The number of fused-ring (bicyclic) bond motifs is 1. The van der Waals surface area contributed by atoms with E-state index in [1.165, 1.54) is 11.1 Å². The molecule has 126 valence electrons. The van der Waals surface area contributed by atoms with Crippen LogP contribution in [0.4, 0.5) is 0 Å². The van der Waals surface area contributed by atoms with Crippen LogP contribution in [-0.4, -0.2) is 38.8 Å². The molecule has 0 bridgehead atoms. The van der Waals surface area contributed by atoms with Crippen LogP contribution in [0.1, 0.15) is 28.8 Å². The molecule has 1 aromatic carbocycles. The number of hydrogen-bond acceptors (Lipinski definition) is 5. The van der Waals surface area contributed by atoms with Gasteiger partial charge in [0.15, 0.2) is 0 Å². The van der Waals surface area contributed by atoms with Crippen LogP contribution in [-0.2, 0) is 16.1 Å². The third-order valence-electron chi connectivity index (χ3n) is 4.62. The highest BCUT2D eigenvalue weighted by atomic mass is 16.3. The lowest BCUT2D eigenvalue weighted by Crippen LogP contribution is -2.52. The van der Waals surface area contributed by atoms with Crippen LogP contribution in [0.3, 0.4) is 0 Å². The van der Waals surface area contributed by atoms with E-state index in [1.807, 2.05) is 6.07 Å². The third-order valence-corrected chi connectivity index (χ3v) is 4.62. The maximum absolute atomic E-state index is 12.8. The number of carbonyl (C=O) groups is 3. The van der Waals surface area contributed by atoms with Gasteiger partial charge >= 0.3 is 0 Å². The van der Waals surface area contributed by atoms with Crippen LogP contribution in [0.15, 0.2) is 36.7 Å². The number of rotatable bonds is 2. The molecule has 2 aromatic rings. The van der Waals surface area contributed by atoms with Crippen molar-refractivity contribution in [2.75, 3.05) is 0 Å². The largest absolute Gasteiger partial charge is 0.506 e. The van der Waals surface area contributed by atoms with Gasteiger partial charge in [0.05, 0.1) is 6.20 Å². The van der Waals surface area contributed by atoms with Gasteiger partial charge in [-0.3, -0.25) is 24.7 Å². The number of nitrogens with one attached hydrogen (secondary N) is 1. The van der Waals surface area contributed by atoms with Crippen LogP contribution in [0, 0.1) is 0 Å². The highest BCUT2D eigenvalue weighted by Gasteiger charge is 2.39. The Bertz CT molecular complexity index is 909. The van der Waals surface area contributed by atoms with Gasteiger partial charge in [-0.25, -0.2) is 0 Å². The minimum absolute atomic E-state index is 0.0430. The Kier molecular flexibility index (Phi) is 3.49. The lowest BCUT2D eigenvalue weighted by atomic mass is 9.98. The van der Waals surface area contributed by atoms with Crippen LogP contribution in [0.2, 0.25) is 0 Å². The topological polar surface area (TPSA) is 99.6 Å². The number of aromatic hydroxyl groups is 1. The summed E-state index contributed by atoms with van der Waals surface area (Å²) in [6.45, 7) is 0.284. The number of amides is 3. The summed E-state index contributed by atoms with van der Waals surface area (Å²) < 4.78 is 0. The minimum Gasteiger partial charge on any atom is -0.506 e. The zero-order valence-corrected chi connectivity index (χ0v) is 13.2. The molecule has 2 aliphatic heterocycles. The summed E-state index contributed by atoms with van der Waals surface area (Å²) in [7, 11) is 0. The number of piperidine rings is 1. The quantitative estimate of drug-likeness (QED) is 0.803. The Hall–Kier alpha value is -3.22. The second kappa shape index (κ2) is 5.70. The summed E-state index contributed by atoms with van der Waals surface area (Å²) in [6, 6.07) is 6.29. The molecule has 1 saturated heterocycles. The van der Waals surface area contributed by atoms with E-state index in [0.29, 0.717) is 17.5 Å². The summed E-state index contributed by atoms with van der Waals surface area (Å²) in [5.74, 6) is -0.921. The Labute approximate surface area is 143 Å². The van der Waals surface area contributed by atoms with Gasteiger partial charge in [-0.05, 0) is 29.7 Å². The molecule has 1 unspecified atom stereocenters. The second-order valence-electron chi connectivity index (χ2n) is 6.16. The van der Waals surface area contributed by atoms with Gasteiger partial charge in [0.25, 0.3) is 5.91 Å². The molecule has 2 N–H and O–H groups in total. The van der Waals surface area contributed by atoms with Crippen LogP contribution in [0.5, 0.6) is 5.75 Å². The fraction of sp³-hybridized carbons (Fsp3) is 0.222. The van der Waals surface area contributed by atoms with E-state index < -0.39 is 11.9 Å². The summed E-state index contributed by atoms with van der Waals surface area (Å²) in [6.07, 6.45) is 3.51. The molecule has 1 aromatic heterocycles. The number of pyridine rings is 1. The van der Waals surface area contributed by atoms with E-state index in [-0.39, 0.29) is 30.5 Å². The van der Waals surface area contributed by atoms with Gasteiger partial charge in [-0.1, -0.05) is 12.1 Å². The van der Waals surface area contributed by atoms with Crippen LogP contribution in [0.25, 0.3) is 11.1 Å². The summed E-state index contributed by atoms with van der Waals surface area (Å²) in [4.78, 5) is 41.7. The number of nitrogens with zero attached hydrogens (tertiary/aromatic N) is 2. The molecule has 3 heterocycles. The molecular weight excluding hydrogens is 322 g/mol. The zero-order valence-electron chi connectivity index (χ0n) is 13.2. The van der Waals surface area contributed by atoms with E-state index in [2.05, 4.69) is 10.3 Å². The van der Waals surface area contributed by atoms with Crippen molar-refractivity contribution in [3.05, 3.63) is 47.8 Å². The van der Waals surface area contributed by atoms with E-state index in [9.17, 15) is 19.5 Å². The second-order valence-corrected chi connectivity index (χ2v) is 6.16. The third kappa shape index (κ3) is 2.53. The fourth-order valence-electron chi connectivity index (χ4n) is 3.43. The molecule has 0 saturated carbocycles. The minimum atomic E-state index is -0.646. The van der Waals surface area contributed by atoms with Crippen molar-refractivity contribution in [1.29, 1.82) is 0 Å². The molecule has 25 heavy (non-hydrogen) atoms. The summed E-state index contributed by atoms with van der Waals surface area (Å²) in [5, 5.41) is 12.0. The SMILES string of the molecule is O=C1CCC(N2Cc3c(cccc3-c3cncc(O)c3)C2=O)C(=O)N1. The predicted molar refractivity (Wildman–Crippen MR) is 87.4 cm³/mol. The van der Waals surface area contributed by atoms with Crippen molar-refractivity contribution in [1.82, 2.24) is 15.2 Å². The first-order valence-corrected chi connectivity index (χ1v) is 7.95. The van der Waals surface area contributed by atoms with E-state index in [1.54, 1.807) is 24.4 Å². The van der Waals surface area contributed by atoms with E-state index in [0.717, 1.165) is 11.1 Å². The van der Waals surface area contributed by atoms with E-state index in [4.69, 9.17) is 0 Å². The Balaban J connectivity index is 1.71. The maximum atomic E-state index is 12.8. The lowest BCUT2D eigenvalue weighted by molar-refractivity contribution is -0.136. The molecule has 0 radical (unpaired) electrons. The van der Waals surface area contributed by atoms with Crippen molar-refractivity contribution in [2.24, 2.45) is 0 Å². The number of hydrogen-bond donors (Lipinski definition) is 2. The molecule has 2 aliphatic rings. The predicted octanol–water partition coefficient (Wildman–Crippen LogP) is 1.22. The van der Waals surface area contributed by atoms with Crippen LogP contribution >= 0.6 is 0 Å². The Morgan fingerprint density at radius 2 is 1.96 bits per heavy atom. The molecule has 0 spiro atoms. The number of imide groups is 1. The maximum Gasteiger partial charge on any atom is 0.255 e. The van der Waals surface area contributed by atoms with Gasteiger partial charge in [0.1, 0.15) is 11.8 Å². The van der Waals surface area contributed by atoms with Gasteiger partial charge in [-0.15, -0.1) is 0 Å². The van der Waals surface area contributed by atoms with Gasteiger partial charge in [0.2, 0.25) is 11.8 Å². The average Bonchev–Trinajstić information content (AvgIpc) is 2.92. The van der Waals surface area contributed by atoms with Gasteiger partial charge < -0.3 is 10.0 Å². The number of carbonyl (C=O) groups excluding carboxylic acids is 3. The first-order valence-electron chi connectivity index (χ1n) is 7.95.